The molecule has 120 valence electrons. The Labute approximate surface area is 131 Å². The number of carbonyl (C=O) groups is 1. The number of amides is 1. The summed E-state index contributed by atoms with van der Waals surface area (Å²) in [6, 6.07) is 3.81. The number of likely N-dealkylation sites (tertiary alicyclic amines) is 1. The molecule has 2 aliphatic rings. The Balaban J connectivity index is 1.69. The van der Waals surface area contributed by atoms with E-state index >= 15 is 0 Å². The number of aliphatic hydroxyl groups excluding tert-OH is 1. The quantitative estimate of drug-likeness (QED) is 0.928. The maximum absolute atomic E-state index is 12.5. The van der Waals surface area contributed by atoms with E-state index in [1.165, 1.54) is 25.7 Å². The highest BCUT2D eigenvalue weighted by atomic mass is 16.3. The second-order valence-electron chi connectivity index (χ2n) is 6.28. The number of aromatic nitrogens is 1. The van der Waals surface area contributed by atoms with Crippen LogP contribution < -0.4 is 4.90 Å². The van der Waals surface area contributed by atoms with Crippen molar-refractivity contribution in [2.45, 2.75) is 44.6 Å². The van der Waals surface area contributed by atoms with Gasteiger partial charge in [-0.2, -0.15) is 0 Å². The minimum atomic E-state index is -0.0298. The van der Waals surface area contributed by atoms with Gasteiger partial charge >= 0.3 is 0 Å². The van der Waals surface area contributed by atoms with Gasteiger partial charge in [0.2, 0.25) is 0 Å². The second kappa shape index (κ2) is 7.09. The molecule has 5 heteroatoms. The minimum absolute atomic E-state index is 0.00790. The second-order valence-corrected chi connectivity index (χ2v) is 6.28. The highest BCUT2D eigenvalue weighted by molar-refractivity contribution is 5.94. The molecule has 0 bridgehead atoms. The molecular weight excluding hydrogens is 278 g/mol. The fourth-order valence-corrected chi connectivity index (χ4v) is 3.46. The first-order valence-electron chi connectivity index (χ1n) is 8.42. The molecule has 2 fully saturated rings. The van der Waals surface area contributed by atoms with Crippen molar-refractivity contribution in [3.63, 3.8) is 0 Å². The van der Waals surface area contributed by atoms with Gasteiger partial charge in [0, 0.05) is 25.8 Å². The van der Waals surface area contributed by atoms with Gasteiger partial charge in [-0.25, -0.2) is 4.98 Å². The molecule has 1 amide bonds. The molecule has 2 saturated heterocycles. The molecule has 1 aromatic heterocycles. The Morgan fingerprint density at radius 2 is 1.91 bits per heavy atom. The van der Waals surface area contributed by atoms with Crippen molar-refractivity contribution in [3.05, 3.63) is 23.9 Å². The summed E-state index contributed by atoms with van der Waals surface area (Å²) in [6.45, 7) is 2.89. The maximum atomic E-state index is 12.5. The Kier molecular flexibility index (Phi) is 4.93. The fraction of sp³-hybridized carbons (Fsp3) is 0.647. The van der Waals surface area contributed by atoms with Crippen LogP contribution in [0, 0.1) is 0 Å². The van der Waals surface area contributed by atoms with Crippen LogP contribution in [0.3, 0.4) is 0 Å². The summed E-state index contributed by atoms with van der Waals surface area (Å²) in [6.07, 6.45) is 8.57. The van der Waals surface area contributed by atoms with E-state index in [1.54, 1.807) is 11.1 Å². The first kappa shape index (κ1) is 15.3. The van der Waals surface area contributed by atoms with Crippen LogP contribution in [0.15, 0.2) is 18.3 Å². The van der Waals surface area contributed by atoms with E-state index in [0.717, 1.165) is 38.3 Å². The lowest BCUT2D eigenvalue weighted by Crippen LogP contribution is -2.37. The predicted octanol–water partition coefficient (Wildman–Crippen LogP) is 2.06. The molecule has 1 N–H and O–H groups in total. The van der Waals surface area contributed by atoms with Crippen LogP contribution >= 0.6 is 0 Å². The minimum Gasteiger partial charge on any atom is -0.394 e. The fourth-order valence-electron chi connectivity index (χ4n) is 3.46. The topological polar surface area (TPSA) is 56.7 Å². The van der Waals surface area contributed by atoms with Crippen molar-refractivity contribution in [3.8, 4) is 0 Å². The van der Waals surface area contributed by atoms with Gasteiger partial charge in [0.1, 0.15) is 5.82 Å². The molecule has 0 aliphatic carbocycles. The van der Waals surface area contributed by atoms with Gasteiger partial charge in [0.05, 0.1) is 18.2 Å². The number of anilines is 1. The maximum Gasteiger partial charge on any atom is 0.255 e. The van der Waals surface area contributed by atoms with Crippen LogP contribution in [0.2, 0.25) is 0 Å². The van der Waals surface area contributed by atoms with E-state index in [0.29, 0.717) is 5.56 Å². The van der Waals surface area contributed by atoms with Crippen molar-refractivity contribution in [1.82, 2.24) is 9.88 Å². The molecule has 0 radical (unpaired) electrons. The lowest BCUT2D eigenvalue weighted by atomic mass is 10.2. The van der Waals surface area contributed by atoms with Crippen molar-refractivity contribution < 1.29 is 9.90 Å². The van der Waals surface area contributed by atoms with Crippen LogP contribution in [-0.2, 0) is 0 Å². The number of rotatable bonds is 3. The standard InChI is InChI=1S/C17H25N3O2/c21-13-15-6-5-11-20(15)17(22)14-7-8-16(18-12-14)19-9-3-1-2-4-10-19/h7-8,12,15,21H,1-6,9-11,13H2/t15-/m1/s1. The van der Waals surface area contributed by atoms with Crippen molar-refractivity contribution in [2.24, 2.45) is 0 Å². The van der Waals surface area contributed by atoms with Crippen LogP contribution in [0.5, 0.6) is 0 Å². The SMILES string of the molecule is O=C(c1ccc(N2CCCCCC2)nc1)N1CCC[C@@H]1CO. The third-order valence-corrected chi connectivity index (χ3v) is 4.77. The molecule has 3 rings (SSSR count). The number of carbonyl (C=O) groups excluding carboxylic acids is 1. The van der Waals surface area contributed by atoms with Gasteiger partial charge in [0.15, 0.2) is 0 Å². The van der Waals surface area contributed by atoms with E-state index < -0.39 is 0 Å². The zero-order valence-electron chi connectivity index (χ0n) is 13.1. The van der Waals surface area contributed by atoms with Gasteiger partial charge in [-0.1, -0.05) is 12.8 Å². The molecule has 22 heavy (non-hydrogen) atoms. The molecular formula is C17H25N3O2. The largest absolute Gasteiger partial charge is 0.394 e. The molecule has 1 aromatic rings. The van der Waals surface area contributed by atoms with Crippen LogP contribution in [-0.4, -0.2) is 53.2 Å². The number of aliphatic hydroxyl groups is 1. The lowest BCUT2D eigenvalue weighted by Gasteiger charge is -2.24. The number of pyridine rings is 1. The molecule has 0 saturated carbocycles. The normalized spacial score (nSPS) is 22.7. The van der Waals surface area contributed by atoms with Crippen LogP contribution in [0.4, 0.5) is 5.82 Å². The molecule has 0 spiro atoms. The van der Waals surface area contributed by atoms with Crippen molar-refractivity contribution >= 4 is 11.7 Å². The van der Waals surface area contributed by atoms with Crippen LogP contribution in [0.1, 0.15) is 48.9 Å². The predicted molar refractivity (Wildman–Crippen MR) is 86.1 cm³/mol. The molecule has 3 heterocycles. The monoisotopic (exact) mass is 303 g/mol. The lowest BCUT2D eigenvalue weighted by molar-refractivity contribution is 0.0677. The number of hydrogen-bond donors (Lipinski definition) is 1. The van der Waals surface area contributed by atoms with Gasteiger partial charge in [-0.15, -0.1) is 0 Å². The Bertz CT molecular complexity index is 495. The van der Waals surface area contributed by atoms with Gasteiger partial charge in [-0.3, -0.25) is 4.79 Å². The molecule has 0 aromatic carbocycles. The third-order valence-electron chi connectivity index (χ3n) is 4.77. The van der Waals surface area contributed by atoms with E-state index in [4.69, 9.17) is 0 Å². The van der Waals surface area contributed by atoms with E-state index in [-0.39, 0.29) is 18.6 Å². The summed E-state index contributed by atoms with van der Waals surface area (Å²) in [4.78, 5) is 21.1. The third kappa shape index (κ3) is 3.24. The summed E-state index contributed by atoms with van der Waals surface area (Å²) in [7, 11) is 0. The molecule has 2 aliphatic heterocycles. The van der Waals surface area contributed by atoms with Gasteiger partial charge in [0.25, 0.3) is 5.91 Å². The Morgan fingerprint density at radius 1 is 1.14 bits per heavy atom. The highest BCUT2D eigenvalue weighted by Gasteiger charge is 2.28. The highest BCUT2D eigenvalue weighted by Crippen LogP contribution is 2.21. The molecule has 5 nitrogen and oxygen atoms in total. The first-order valence-corrected chi connectivity index (χ1v) is 8.42. The van der Waals surface area contributed by atoms with Crippen LogP contribution in [0.25, 0.3) is 0 Å². The summed E-state index contributed by atoms with van der Waals surface area (Å²) >= 11 is 0. The van der Waals surface area contributed by atoms with Gasteiger partial charge in [-0.05, 0) is 37.8 Å². The molecule has 1 atom stereocenters. The van der Waals surface area contributed by atoms with Crippen molar-refractivity contribution in [2.75, 3.05) is 31.1 Å². The van der Waals surface area contributed by atoms with Crippen molar-refractivity contribution in [1.29, 1.82) is 0 Å². The van der Waals surface area contributed by atoms with E-state index in [9.17, 15) is 9.90 Å². The summed E-state index contributed by atoms with van der Waals surface area (Å²) in [5.74, 6) is 0.963. The summed E-state index contributed by atoms with van der Waals surface area (Å²) in [5, 5.41) is 9.36. The average Bonchev–Trinajstić information content (AvgIpc) is 2.88. The zero-order chi connectivity index (χ0) is 15.4. The average molecular weight is 303 g/mol. The van der Waals surface area contributed by atoms with Gasteiger partial charge < -0.3 is 14.9 Å². The summed E-state index contributed by atoms with van der Waals surface area (Å²) < 4.78 is 0. The smallest absolute Gasteiger partial charge is 0.255 e. The summed E-state index contributed by atoms with van der Waals surface area (Å²) in [5.41, 5.74) is 0.624. The van der Waals surface area contributed by atoms with E-state index in [2.05, 4.69) is 9.88 Å². The Hall–Kier alpha value is -1.62. The Morgan fingerprint density at radius 3 is 2.55 bits per heavy atom. The first-order chi connectivity index (χ1) is 10.8. The number of nitrogens with zero attached hydrogens (tertiary/aromatic N) is 3. The molecule has 0 unspecified atom stereocenters. The number of hydrogen-bond acceptors (Lipinski definition) is 4. The van der Waals surface area contributed by atoms with E-state index in [1.807, 2.05) is 12.1 Å². The zero-order valence-corrected chi connectivity index (χ0v) is 13.1.